The van der Waals surface area contributed by atoms with Gasteiger partial charge < -0.3 is 19.9 Å². The largest absolute Gasteiger partial charge is 0.482 e. The van der Waals surface area contributed by atoms with Crippen molar-refractivity contribution >= 4 is 17.6 Å². The van der Waals surface area contributed by atoms with Crippen molar-refractivity contribution in [1.29, 1.82) is 0 Å². The van der Waals surface area contributed by atoms with Crippen LogP contribution in [0.2, 0.25) is 0 Å². The minimum atomic E-state index is -1.05. The molecule has 1 saturated heterocycles. The van der Waals surface area contributed by atoms with E-state index in [-0.39, 0.29) is 12.0 Å². The fourth-order valence-electron chi connectivity index (χ4n) is 2.56. The zero-order valence-electron chi connectivity index (χ0n) is 13.5. The molecular formula is C17H23NO5. The van der Waals surface area contributed by atoms with Crippen molar-refractivity contribution in [3.05, 3.63) is 24.3 Å². The van der Waals surface area contributed by atoms with Gasteiger partial charge in [0.1, 0.15) is 5.75 Å². The lowest BCUT2D eigenvalue weighted by atomic mass is 9.81. The lowest BCUT2D eigenvalue weighted by Crippen LogP contribution is -2.44. The number of benzene rings is 1. The highest BCUT2D eigenvalue weighted by molar-refractivity contribution is 5.95. The van der Waals surface area contributed by atoms with E-state index in [0.717, 1.165) is 19.3 Å². The standard InChI is InChI=1S/C17H23NO5/c1-17(2,14-8-3-4-9-22-14)16(21)18-12-6-5-7-13(10-12)23-11-15(19)20/h5-7,10,14H,3-4,8-9,11H2,1-2H3,(H,18,21)(H,19,20)/t14-/m0/s1. The molecule has 2 N–H and O–H groups in total. The van der Waals surface area contributed by atoms with E-state index in [4.69, 9.17) is 14.6 Å². The van der Waals surface area contributed by atoms with Gasteiger partial charge in [-0.1, -0.05) is 6.07 Å². The number of carbonyl (C=O) groups is 2. The highest BCUT2D eigenvalue weighted by Gasteiger charge is 2.38. The van der Waals surface area contributed by atoms with E-state index in [2.05, 4.69) is 5.32 Å². The van der Waals surface area contributed by atoms with E-state index >= 15 is 0 Å². The number of carboxylic acids is 1. The predicted octanol–water partition coefficient (Wildman–Crippen LogP) is 2.68. The number of anilines is 1. The Bertz CT molecular complexity index is 564. The molecule has 6 heteroatoms. The Kier molecular flexibility index (Phi) is 5.60. The minimum absolute atomic E-state index is 0.0947. The van der Waals surface area contributed by atoms with Gasteiger partial charge in [0.2, 0.25) is 5.91 Å². The maximum Gasteiger partial charge on any atom is 0.341 e. The molecule has 1 aliphatic heterocycles. The molecule has 0 aromatic heterocycles. The second kappa shape index (κ2) is 7.46. The van der Waals surface area contributed by atoms with Gasteiger partial charge in [-0.3, -0.25) is 4.79 Å². The molecular weight excluding hydrogens is 298 g/mol. The van der Waals surface area contributed by atoms with Gasteiger partial charge in [0.25, 0.3) is 0 Å². The zero-order chi connectivity index (χ0) is 16.9. The van der Waals surface area contributed by atoms with Crippen LogP contribution in [0, 0.1) is 5.41 Å². The maximum atomic E-state index is 12.6. The lowest BCUT2D eigenvalue weighted by molar-refractivity contribution is -0.139. The normalized spacial score (nSPS) is 18.3. The molecule has 1 aromatic rings. The van der Waals surface area contributed by atoms with Gasteiger partial charge in [-0.25, -0.2) is 4.79 Å². The van der Waals surface area contributed by atoms with Crippen LogP contribution >= 0.6 is 0 Å². The summed E-state index contributed by atoms with van der Waals surface area (Å²) in [4.78, 5) is 23.1. The van der Waals surface area contributed by atoms with Crippen molar-refractivity contribution in [2.75, 3.05) is 18.5 Å². The SMILES string of the molecule is CC(C)(C(=O)Nc1cccc(OCC(=O)O)c1)[C@@H]1CCCCO1. The molecule has 126 valence electrons. The van der Waals surface area contributed by atoms with Crippen molar-refractivity contribution in [3.8, 4) is 5.75 Å². The lowest BCUT2D eigenvalue weighted by Gasteiger charge is -2.35. The summed E-state index contributed by atoms with van der Waals surface area (Å²) in [6.45, 7) is 4.03. The van der Waals surface area contributed by atoms with E-state index in [9.17, 15) is 9.59 Å². The number of hydrogen-bond donors (Lipinski definition) is 2. The van der Waals surface area contributed by atoms with Crippen LogP contribution in [0.5, 0.6) is 5.75 Å². The Morgan fingerprint density at radius 3 is 2.83 bits per heavy atom. The number of ether oxygens (including phenoxy) is 2. The van der Waals surface area contributed by atoms with Crippen LogP contribution < -0.4 is 10.1 Å². The molecule has 0 unspecified atom stereocenters. The fraction of sp³-hybridized carbons (Fsp3) is 0.529. The van der Waals surface area contributed by atoms with Crippen molar-refractivity contribution in [1.82, 2.24) is 0 Å². The first-order chi connectivity index (χ1) is 10.9. The number of rotatable bonds is 6. The van der Waals surface area contributed by atoms with Crippen LogP contribution in [-0.4, -0.2) is 36.3 Å². The summed E-state index contributed by atoms with van der Waals surface area (Å²) in [5.41, 5.74) is -0.0694. The second-order valence-electron chi connectivity index (χ2n) is 6.24. The highest BCUT2D eigenvalue weighted by Crippen LogP contribution is 2.32. The summed E-state index contributed by atoms with van der Waals surface area (Å²) in [6, 6.07) is 6.70. The van der Waals surface area contributed by atoms with Crippen molar-refractivity contribution in [2.45, 2.75) is 39.2 Å². The topological polar surface area (TPSA) is 84.9 Å². The van der Waals surface area contributed by atoms with E-state index < -0.39 is 18.0 Å². The quantitative estimate of drug-likeness (QED) is 0.841. The number of aliphatic carboxylic acids is 1. The average molecular weight is 321 g/mol. The summed E-state index contributed by atoms with van der Waals surface area (Å²) in [7, 11) is 0. The van der Waals surface area contributed by atoms with Gasteiger partial charge in [0.15, 0.2) is 6.61 Å². The molecule has 0 aliphatic carbocycles. The zero-order valence-corrected chi connectivity index (χ0v) is 13.5. The number of carbonyl (C=O) groups excluding carboxylic acids is 1. The molecule has 1 atom stereocenters. The van der Waals surface area contributed by atoms with Gasteiger partial charge in [-0.2, -0.15) is 0 Å². The number of nitrogens with one attached hydrogen (secondary N) is 1. The first-order valence-corrected chi connectivity index (χ1v) is 7.77. The fourth-order valence-corrected chi connectivity index (χ4v) is 2.56. The Hall–Kier alpha value is -2.08. The summed E-state index contributed by atoms with van der Waals surface area (Å²) < 4.78 is 10.9. The maximum absolute atomic E-state index is 12.6. The number of carboxylic acid groups (broad SMARTS) is 1. The summed E-state index contributed by atoms with van der Waals surface area (Å²) in [6.07, 6.45) is 2.89. The van der Waals surface area contributed by atoms with Crippen molar-refractivity contribution in [2.24, 2.45) is 5.41 Å². The Morgan fingerprint density at radius 1 is 1.39 bits per heavy atom. The van der Waals surface area contributed by atoms with E-state index in [1.54, 1.807) is 24.3 Å². The molecule has 1 amide bonds. The van der Waals surface area contributed by atoms with Gasteiger partial charge in [-0.05, 0) is 45.2 Å². The van der Waals surface area contributed by atoms with Crippen LogP contribution in [0.25, 0.3) is 0 Å². The molecule has 0 bridgehead atoms. The summed E-state index contributed by atoms with van der Waals surface area (Å²) >= 11 is 0. The molecule has 23 heavy (non-hydrogen) atoms. The molecule has 0 saturated carbocycles. The number of hydrogen-bond acceptors (Lipinski definition) is 4. The Labute approximate surface area is 135 Å². The molecule has 2 rings (SSSR count). The molecule has 1 aromatic carbocycles. The third-order valence-electron chi connectivity index (χ3n) is 4.02. The van der Waals surface area contributed by atoms with Crippen LogP contribution in [-0.2, 0) is 14.3 Å². The van der Waals surface area contributed by atoms with Gasteiger partial charge in [-0.15, -0.1) is 0 Å². The average Bonchev–Trinajstić information content (AvgIpc) is 2.54. The smallest absolute Gasteiger partial charge is 0.341 e. The third kappa shape index (κ3) is 4.69. The first-order valence-electron chi connectivity index (χ1n) is 7.77. The summed E-state index contributed by atoms with van der Waals surface area (Å²) in [5.74, 6) is -0.772. The number of amides is 1. The molecule has 1 fully saturated rings. The molecule has 0 spiro atoms. The molecule has 0 radical (unpaired) electrons. The summed E-state index contributed by atoms with van der Waals surface area (Å²) in [5, 5.41) is 11.5. The van der Waals surface area contributed by atoms with Crippen LogP contribution in [0.3, 0.4) is 0 Å². The van der Waals surface area contributed by atoms with E-state index in [0.29, 0.717) is 18.0 Å². The van der Waals surface area contributed by atoms with Gasteiger partial charge >= 0.3 is 5.97 Å². The van der Waals surface area contributed by atoms with Crippen molar-refractivity contribution < 1.29 is 24.2 Å². The molecule has 1 aliphatic rings. The first kappa shape index (κ1) is 17.3. The predicted molar refractivity (Wildman–Crippen MR) is 85.6 cm³/mol. The highest BCUT2D eigenvalue weighted by atomic mass is 16.5. The van der Waals surface area contributed by atoms with Crippen LogP contribution in [0.4, 0.5) is 5.69 Å². The van der Waals surface area contributed by atoms with Crippen LogP contribution in [0.15, 0.2) is 24.3 Å². The van der Waals surface area contributed by atoms with Gasteiger partial charge in [0.05, 0.1) is 11.5 Å². The Morgan fingerprint density at radius 2 is 2.17 bits per heavy atom. The van der Waals surface area contributed by atoms with E-state index in [1.807, 2.05) is 13.8 Å². The van der Waals surface area contributed by atoms with E-state index in [1.165, 1.54) is 0 Å². The monoisotopic (exact) mass is 321 g/mol. The second-order valence-corrected chi connectivity index (χ2v) is 6.24. The Balaban J connectivity index is 2.01. The van der Waals surface area contributed by atoms with Crippen LogP contribution in [0.1, 0.15) is 33.1 Å². The minimum Gasteiger partial charge on any atom is -0.482 e. The molecule has 1 heterocycles. The van der Waals surface area contributed by atoms with Crippen molar-refractivity contribution in [3.63, 3.8) is 0 Å². The van der Waals surface area contributed by atoms with Gasteiger partial charge in [0, 0.05) is 18.4 Å². The molecule has 6 nitrogen and oxygen atoms in total. The third-order valence-corrected chi connectivity index (χ3v) is 4.02.